The first-order chi connectivity index (χ1) is 12.2. The second-order valence-electron chi connectivity index (χ2n) is 5.98. The molecule has 0 atom stereocenters. The van der Waals surface area contributed by atoms with Gasteiger partial charge >= 0.3 is 0 Å². The van der Waals surface area contributed by atoms with Crippen molar-refractivity contribution in [3.63, 3.8) is 0 Å². The number of aryl methyl sites for hydroxylation is 1. The third-order valence-electron chi connectivity index (χ3n) is 4.23. The fourth-order valence-corrected chi connectivity index (χ4v) is 2.74. The summed E-state index contributed by atoms with van der Waals surface area (Å²) in [6.07, 6.45) is 0.987. The maximum atomic E-state index is 12.0. The van der Waals surface area contributed by atoms with E-state index >= 15 is 0 Å². The van der Waals surface area contributed by atoms with Crippen LogP contribution < -0.4 is 15.0 Å². The molecule has 0 bridgehead atoms. The average Bonchev–Trinajstić information content (AvgIpc) is 2.68. The number of hydrogen-bond donors (Lipinski definition) is 1. The summed E-state index contributed by atoms with van der Waals surface area (Å²) in [7, 11) is 0. The summed E-state index contributed by atoms with van der Waals surface area (Å²) in [5.74, 6) is 0.536. The molecule has 1 aliphatic rings. The average molecular weight is 340 g/mol. The van der Waals surface area contributed by atoms with E-state index in [-0.39, 0.29) is 12.5 Å². The van der Waals surface area contributed by atoms with E-state index in [1.54, 1.807) is 0 Å². The number of rotatable bonds is 6. The number of morpholine rings is 1. The van der Waals surface area contributed by atoms with Crippen LogP contribution in [-0.4, -0.2) is 38.8 Å². The van der Waals surface area contributed by atoms with Crippen molar-refractivity contribution in [1.29, 1.82) is 0 Å². The molecule has 25 heavy (non-hydrogen) atoms. The van der Waals surface area contributed by atoms with Crippen molar-refractivity contribution in [2.24, 2.45) is 0 Å². The standard InChI is InChI=1S/C20H24N2O3/c1-2-16-3-9-19(10-4-16)25-15-20(23)21-17-5-7-18(8-6-17)22-11-13-24-14-12-22/h3-10H,2,11-15H2,1H3,(H,21,23). The van der Waals surface area contributed by atoms with Crippen LogP contribution in [0.3, 0.4) is 0 Å². The van der Waals surface area contributed by atoms with Crippen LogP contribution in [-0.2, 0) is 16.0 Å². The van der Waals surface area contributed by atoms with Crippen molar-refractivity contribution in [2.45, 2.75) is 13.3 Å². The number of ether oxygens (including phenoxy) is 2. The third kappa shape index (κ3) is 4.97. The van der Waals surface area contributed by atoms with E-state index in [0.717, 1.165) is 44.1 Å². The van der Waals surface area contributed by atoms with Crippen LogP contribution >= 0.6 is 0 Å². The predicted molar refractivity (Wildman–Crippen MR) is 99.4 cm³/mol. The molecular weight excluding hydrogens is 316 g/mol. The third-order valence-corrected chi connectivity index (χ3v) is 4.23. The molecule has 0 saturated carbocycles. The molecule has 2 aromatic rings. The first-order valence-electron chi connectivity index (χ1n) is 8.69. The van der Waals surface area contributed by atoms with Gasteiger partial charge in [0.05, 0.1) is 13.2 Å². The topological polar surface area (TPSA) is 50.8 Å². The molecule has 1 amide bonds. The van der Waals surface area contributed by atoms with E-state index < -0.39 is 0 Å². The Bertz CT molecular complexity index is 677. The van der Waals surface area contributed by atoms with Crippen molar-refractivity contribution in [1.82, 2.24) is 0 Å². The van der Waals surface area contributed by atoms with E-state index in [4.69, 9.17) is 9.47 Å². The molecule has 5 heteroatoms. The fraction of sp³-hybridized carbons (Fsp3) is 0.350. The lowest BCUT2D eigenvalue weighted by atomic mass is 10.2. The molecule has 0 aliphatic carbocycles. The molecule has 5 nitrogen and oxygen atoms in total. The highest BCUT2D eigenvalue weighted by molar-refractivity contribution is 5.92. The fourth-order valence-electron chi connectivity index (χ4n) is 2.74. The summed E-state index contributed by atoms with van der Waals surface area (Å²) in [6.45, 7) is 5.42. The molecule has 0 unspecified atom stereocenters. The van der Waals surface area contributed by atoms with Gasteiger partial charge in [-0.25, -0.2) is 0 Å². The van der Waals surface area contributed by atoms with Crippen molar-refractivity contribution in [3.05, 3.63) is 54.1 Å². The number of nitrogens with zero attached hydrogens (tertiary/aromatic N) is 1. The molecule has 1 saturated heterocycles. The SMILES string of the molecule is CCc1ccc(OCC(=O)Nc2ccc(N3CCOCC3)cc2)cc1. The molecule has 0 aromatic heterocycles. The second-order valence-corrected chi connectivity index (χ2v) is 5.98. The molecule has 1 heterocycles. The zero-order valence-electron chi connectivity index (χ0n) is 14.5. The zero-order chi connectivity index (χ0) is 17.5. The Kier molecular flexibility index (Phi) is 5.90. The van der Waals surface area contributed by atoms with E-state index in [9.17, 15) is 4.79 Å². The molecule has 1 N–H and O–H groups in total. The van der Waals surface area contributed by atoms with Gasteiger partial charge in [-0.15, -0.1) is 0 Å². The Morgan fingerprint density at radius 3 is 2.40 bits per heavy atom. The normalized spacial score (nSPS) is 14.2. The minimum absolute atomic E-state index is 0.00329. The summed E-state index contributed by atoms with van der Waals surface area (Å²) in [5, 5.41) is 2.86. The molecule has 1 fully saturated rings. The highest BCUT2D eigenvalue weighted by Crippen LogP contribution is 2.19. The van der Waals surface area contributed by atoms with Crippen LogP contribution in [0.5, 0.6) is 5.75 Å². The lowest BCUT2D eigenvalue weighted by Crippen LogP contribution is -2.36. The van der Waals surface area contributed by atoms with Crippen LogP contribution in [0.4, 0.5) is 11.4 Å². The van der Waals surface area contributed by atoms with Gasteiger partial charge in [0.15, 0.2) is 6.61 Å². The van der Waals surface area contributed by atoms with Gasteiger partial charge in [0.2, 0.25) is 0 Å². The monoisotopic (exact) mass is 340 g/mol. The lowest BCUT2D eigenvalue weighted by Gasteiger charge is -2.28. The predicted octanol–water partition coefficient (Wildman–Crippen LogP) is 3.10. The minimum Gasteiger partial charge on any atom is -0.484 e. The van der Waals surface area contributed by atoms with E-state index in [2.05, 4.69) is 17.1 Å². The van der Waals surface area contributed by atoms with Gasteiger partial charge in [0.1, 0.15) is 5.75 Å². The van der Waals surface area contributed by atoms with Crippen molar-refractivity contribution >= 4 is 17.3 Å². The molecule has 2 aromatic carbocycles. The van der Waals surface area contributed by atoms with Gasteiger partial charge in [-0.3, -0.25) is 4.79 Å². The largest absolute Gasteiger partial charge is 0.484 e. The van der Waals surface area contributed by atoms with Crippen molar-refractivity contribution < 1.29 is 14.3 Å². The highest BCUT2D eigenvalue weighted by Gasteiger charge is 2.11. The number of carbonyl (C=O) groups is 1. The van der Waals surface area contributed by atoms with Gasteiger partial charge in [-0.05, 0) is 48.4 Å². The van der Waals surface area contributed by atoms with Gasteiger partial charge in [-0.1, -0.05) is 19.1 Å². The van der Waals surface area contributed by atoms with E-state index in [0.29, 0.717) is 5.75 Å². The van der Waals surface area contributed by atoms with Gasteiger partial charge in [0, 0.05) is 24.5 Å². The summed E-state index contributed by atoms with van der Waals surface area (Å²) in [6, 6.07) is 15.7. The first kappa shape index (κ1) is 17.3. The summed E-state index contributed by atoms with van der Waals surface area (Å²) >= 11 is 0. The van der Waals surface area contributed by atoms with Crippen LogP contribution in [0, 0.1) is 0 Å². The van der Waals surface area contributed by atoms with E-state index in [1.807, 2.05) is 48.5 Å². The second kappa shape index (κ2) is 8.53. The number of nitrogens with one attached hydrogen (secondary N) is 1. The van der Waals surface area contributed by atoms with E-state index in [1.165, 1.54) is 5.56 Å². The zero-order valence-corrected chi connectivity index (χ0v) is 14.5. The number of carbonyl (C=O) groups excluding carboxylic acids is 1. The molecule has 1 aliphatic heterocycles. The van der Waals surface area contributed by atoms with Crippen LogP contribution in [0.25, 0.3) is 0 Å². The number of benzene rings is 2. The Morgan fingerprint density at radius 1 is 1.08 bits per heavy atom. The number of anilines is 2. The minimum atomic E-state index is -0.168. The van der Waals surface area contributed by atoms with Crippen molar-refractivity contribution in [3.8, 4) is 5.75 Å². The Labute approximate surface area is 148 Å². The van der Waals surface area contributed by atoms with Crippen LogP contribution in [0.1, 0.15) is 12.5 Å². The Hall–Kier alpha value is -2.53. The Balaban J connectivity index is 1.48. The van der Waals surface area contributed by atoms with Gasteiger partial charge in [-0.2, -0.15) is 0 Å². The van der Waals surface area contributed by atoms with Crippen molar-refractivity contribution in [2.75, 3.05) is 43.1 Å². The summed E-state index contributed by atoms with van der Waals surface area (Å²) < 4.78 is 10.9. The van der Waals surface area contributed by atoms with Gasteiger partial charge < -0.3 is 19.7 Å². The number of hydrogen-bond acceptors (Lipinski definition) is 4. The maximum Gasteiger partial charge on any atom is 0.262 e. The van der Waals surface area contributed by atoms with Gasteiger partial charge in [0.25, 0.3) is 5.91 Å². The Morgan fingerprint density at radius 2 is 1.76 bits per heavy atom. The highest BCUT2D eigenvalue weighted by atomic mass is 16.5. The first-order valence-corrected chi connectivity index (χ1v) is 8.69. The molecule has 132 valence electrons. The molecule has 0 radical (unpaired) electrons. The quantitative estimate of drug-likeness (QED) is 0.878. The summed E-state index contributed by atoms with van der Waals surface area (Å²) in [5.41, 5.74) is 3.16. The molecular formula is C20H24N2O3. The smallest absolute Gasteiger partial charge is 0.262 e. The summed E-state index contributed by atoms with van der Waals surface area (Å²) in [4.78, 5) is 14.3. The molecule has 3 rings (SSSR count). The van der Waals surface area contributed by atoms with Crippen LogP contribution in [0.2, 0.25) is 0 Å². The van der Waals surface area contributed by atoms with Crippen LogP contribution in [0.15, 0.2) is 48.5 Å². The maximum absolute atomic E-state index is 12.0. The molecule has 0 spiro atoms. The lowest BCUT2D eigenvalue weighted by molar-refractivity contribution is -0.118. The number of amides is 1.